The highest BCUT2D eigenvalue weighted by Gasteiger charge is 2.19. The number of rotatable bonds is 5. The third kappa shape index (κ3) is 5.09. The standard InChI is InChI=1S/C14H21BrN2O3S/c1-8(2)5-9(3)17-14(18)11-6-12(15)10(4)13(7-11)21(16,19)20/h6-9H,5H2,1-4H3,(H,17,18)(H2,16,19,20). The topological polar surface area (TPSA) is 89.3 Å². The third-order valence-corrected chi connectivity index (χ3v) is 4.93. The number of benzene rings is 1. The van der Waals surface area contributed by atoms with Crippen molar-refractivity contribution in [1.29, 1.82) is 0 Å². The highest BCUT2D eigenvalue weighted by Crippen LogP contribution is 2.25. The van der Waals surface area contributed by atoms with Crippen molar-refractivity contribution in [2.45, 2.75) is 45.1 Å². The van der Waals surface area contributed by atoms with E-state index in [0.29, 0.717) is 16.0 Å². The first-order valence-corrected chi connectivity index (χ1v) is 9.00. The van der Waals surface area contributed by atoms with E-state index in [9.17, 15) is 13.2 Å². The Labute approximate surface area is 134 Å². The normalized spacial score (nSPS) is 13.3. The number of halogens is 1. The zero-order valence-electron chi connectivity index (χ0n) is 12.6. The SMILES string of the molecule is Cc1c(Br)cc(C(=O)NC(C)CC(C)C)cc1S(N)(=O)=O. The van der Waals surface area contributed by atoms with Gasteiger partial charge in [-0.3, -0.25) is 4.79 Å². The molecule has 0 fully saturated rings. The molecule has 1 aromatic carbocycles. The molecule has 1 amide bonds. The largest absolute Gasteiger partial charge is 0.350 e. The molecule has 1 unspecified atom stereocenters. The van der Waals surface area contributed by atoms with Crippen LogP contribution < -0.4 is 10.5 Å². The van der Waals surface area contributed by atoms with Gasteiger partial charge in [-0.05, 0) is 43.9 Å². The molecule has 3 N–H and O–H groups in total. The summed E-state index contributed by atoms with van der Waals surface area (Å²) in [5, 5.41) is 8.04. The second-order valence-corrected chi connectivity index (χ2v) is 8.01. The number of hydrogen-bond donors (Lipinski definition) is 2. The van der Waals surface area contributed by atoms with Gasteiger partial charge in [0, 0.05) is 16.1 Å². The minimum Gasteiger partial charge on any atom is -0.350 e. The maximum Gasteiger partial charge on any atom is 0.251 e. The molecule has 0 saturated carbocycles. The van der Waals surface area contributed by atoms with Crippen molar-refractivity contribution in [2.75, 3.05) is 0 Å². The number of amides is 1. The molecule has 0 aliphatic heterocycles. The number of primary sulfonamides is 1. The smallest absolute Gasteiger partial charge is 0.251 e. The van der Waals surface area contributed by atoms with E-state index in [1.54, 1.807) is 13.0 Å². The maximum absolute atomic E-state index is 12.2. The fraction of sp³-hybridized carbons (Fsp3) is 0.500. The monoisotopic (exact) mass is 376 g/mol. The second kappa shape index (κ2) is 6.89. The Kier molecular flexibility index (Phi) is 5.95. The van der Waals surface area contributed by atoms with Crippen LogP contribution in [0.15, 0.2) is 21.5 Å². The van der Waals surface area contributed by atoms with Crippen molar-refractivity contribution in [2.24, 2.45) is 11.1 Å². The number of nitrogens with one attached hydrogen (secondary N) is 1. The zero-order chi connectivity index (χ0) is 16.4. The average Bonchev–Trinajstić information content (AvgIpc) is 2.29. The molecule has 0 aromatic heterocycles. The molecule has 1 aromatic rings. The third-order valence-electron chi connectivity index (χ3n) is 3.07. The van der Waals surface area contributed by atoms with Crippen LogP contribution in [0, 0.1) is 12.8 Å². The maximum atomic E-state index is 12.2. The van der Waals surface area contributed by atoms with E-state index >= 15 is 0 Å². The fourth-order valence-corrected chi connectivity index (χ4v) is 3.57. The van der Waals surface area contributed by atoms with Gasteiger partial charge in [0.1, 0.15) is 0 Å². The van der Waals surface area contributed by atoms with E-state index in [2.05, 4.69) is 35.1 Å². The van der Waals surface area contributed by atoms with Crippen molar-refractivity contribution < 1.29 is 13.2 Å². The average molecular weight is 377 g/mol. The van der Waals surface area contributed by atoms with Crippen LogP contribution in [0.3, 0.4) is 0 Å². The second-order valence-electron chi connectivity index (χ2n) is 5.63. The number of nitrogens with two attached hydrogens (primary N) is 1. The molecule has 0 bridgehead atoms. The molecule has 1 rings (SSSR count). The Balaban J connectivity index is 3.09. The van der Waals surface area contributed by atoms with Gasteiger partial charge in [0.15, 0.2) is 0 Å². The lowest BCUT2D eigenvalue weighted by atomic mass is 10.0. The van der Waals surface area contributed by atoms with Gasteiger partial charge in [0.05, 0.1) is 4.90 Å². The molecule has 5 nitrogen and oxygen atoms in total. The van der Waals surface area contributed by atoms with E-state index in [4.69, 9.17) is 5.14 Å². The summed E-state index contributed by atoms with van der Waals surface area (Å²) >= 11 is 3.26. The minimum atomic E-state index is -3.87. The highest BCUT2D eigenvalue weighted by atomic mass is 79.9. The van der Waals surface area contributed by atoms with Crippen LogP contribution >= 0.6 is 15.9 Å². The summed E-state index contributed by atoms with van der Waals surface area (Å²) in [6.45, 7) is 7.70. The summed E-state index contributed by atoms with van der Waals surface area (Å²) in [6.07, 6.45) is 0.848. The Morgan fingerprint density at radius 1 is 1.33 bits per heavy atom. The van der Waals surface area contributed by atoms with Gasteiger partial charge < -0.3 is 5.32 Å². The lowest BCUT2D eigenvalue weighted by Gasteiger charge is -2.17. The number of sulfonamides is 1. The van der Waals surface area contributed by atoms with Crippen LogP contribution in [0.25, 0.3) is 0 Å². The van der Waals surface area contributed by atoms with Gasteiger partial charge >= 0.3 is 0 Å². The molecule has 7 heteroatoms. The van der Waals surface area contributed by atoms with Crippen LogP contribution in [0.5, 0.6) is 0 Å². The first kappa shape index (κ1) is 18.1. The molecule has 118 valence electrons. The molecule has 0 aliphatic rings. The van der Waals surface area contributed by atoms with Gasteiger partial charge in [-0.2, -0.15) is 0 Å². The molecule has 0 heterocycles. The van der Waals surface area contributed by atoms with Crippen LogP contribution in [-0.4, -0.2) is 20.4 Å². The van der Waals surface area contributed by atoms with Crippen LogP contribution in [0.4, 0.5) is 0 Å². The molecular weight excluding hydrogens is 356 g/mol. The quantitative estimate of drug-likeness (QED) is 0.827. The van der Waals surface area contributed by atoms with Gasteiger partial charge in [-0.15, -0.1) is 0 Å². The number of carbonyl (C=O) groups excluding carboxylic acids is 1. The Hall–Kier alpha value is -0.920. The van der Waals surface area contributed by atoms with Crippen molar-refractivity contribution in [3.05, 3.63) is 27.7 Å². The summed E-state index contributed by atoms with van der Waals surface area (Å²) in [6, 6.07) is 2.92. The van der Waals surface area contributed by atoms with Gasteiger partial charge in [-0.1, -0.05) is 29.8 Å². The van der Waals surface area contributed by atoms with Crippen molar-refractivity contribution in [1.82, 2.24) is 5.32 Å². The van der Waals surface area contributed by atoms with Crippen molar-refractivity contribution >= 4 is 31.9 Å². The van der Waals surface area contributed by atoms with Crippen molar-refractivity contribution in [3.8, 4) is 0 Å². The lowest BCUT2D eigenvalue weighted by molar-refractivity contribution is 0.0936. The summed E-state index contributed by atoms with van der Waals surface area (Å²) in [4.78, 5) is 12.2. The van der Waals surface area contributed by atoms with E-state index in [-0.39, 0.29) is 22.4 Å². The number of carbonyl (C=O) groups is 1. The minimum absolute atomic E-state index is 0.00973. The molecule has 1 atom stereocenters. The molecule has 21 heavy (non-hydrogen) atoms. The fourth-order valence-electron chi connectivity index (χ4n) is 2.15. The lowest BCUT2D eigenvalue weighted by Crippen LogP contribution is -2.33. The van der Waals surface area contributed by atoms with E-state index < -0.39 is 10.0 Å². The van der Waals surface area contributed by atoms with Crippen molar-refractivity contribution in [3.63, 3.8) is 0 Å². The first-order chi connectivity index (χ1) is 9.52. The van der Waals surface area contributed by atoms with Gasteiger partial charge in [-0.25, -0.2) is 13.6 Å². The number of hydrogen-bond acceptors (Lipinski definition) is 3. The van der Waals surface area contributed by atoms with Crippen LogP contribution in [0.2, 0.25) is 0 Å². The molecule has 0 aliphatic carbocycles. The Morgan fingerprint density at radius 2 is 1.90 bits per heavy atom. The van der Waals surface area contributed by atoms with Crippen LogP contribution in [-0.2, 0) is 10.0 Å². The van der Waals surface area contributed by atoms with Crippen LogP contribution in [0.1, 0.15) is 43.1 Å². The van der Waals surface area contributed by atoms with E-state index in [1.165, 1.54) is 6.07 Å². The molecule has 0 radical (unpaired) electrons. The zero-order valence-corrected chi connectivity index (χ0v) is 15.0. The van der Waals surface area contributed by atoms with E-state index in [1.807, 2.05) is 6.92 Å². The molecule has 0 saturated heterocycles. The summed E-state index contributed by atoms with van der Waals surface area (Å²) in [5.74, 6) is 0.152. The first-order valence-electron chi connectivity index (χ1n) is 6.66. The molecule has 0 spiro atoms. The predicted octanol–water partition coefficient (Wildman–Crippen LogP) is 2.57. The summed E-state index contributed by atoms with van der Waals surface area (Å²) in [7, 11) is -3.87. The predicted molar refractivity (Wildman–Crippen MR) is 86.6 cm³/mol. The Bertz CT molecular complexity index is 642. The molecular formula is C14H21BrN2O3S. The summed E-state index contributed by atoms with van der Waals surface area (Å²) in [5.41, 5.74) is 0.761. The van der Waals surface area contributed by atoms with Gasteiger partial charge in [0.25, 0.3) is 5.91 Å². The van der Waals surface area contributed by atoms with Gasteiger partial charge in [0.2, 0.25) is 10.0 Å². The Morgan fingerprint density at radius 3 is 2.38 bits per heavy atom. The highest BCUT2D eigenvalue weighted by molar-refractivity contribution is 9.10. The van der Waals surface area contributed by atoms with E-state index in [0.717, 1.165) is 6.42 Å². The summed E-state index contributed by atoms with van der Waals surface area (Å²) < 4.78 is 23.7.